The molecule has 2 aromatic rings. The maximum atomic E-state index is 13.9. The molecule has 9 atom stereocenters. The molecule has 1 aliphatic heterocycles. The summed E-state index contributed by atoms with van der Waals surface area (Å²) in [6, 6.07) is 8.50. The number of aromatic nitrogens is 2. The highest BCUT2D eigenvalue weighted by atomic mass is 32.2. The highest BCUT2D eigenvalue weighted by Gasteiger charge is 2.76. The molecular formula is C33H38FN3O4S. The number of rotatable bonds is 5. The number of allylic oxidation sites excluding steroid dienone is 1. The molecule has 9 heteroatoms. The fourth-order valence-corrected chi connectivity index (χ4v) is 10.5. The lowest BCUT2D eigenvalue weighted by Crippen LogP contribution is -2.63. The third-order valence-electron chi connectivity index (χ3n) is 11.4. The lowest BCUT2D eigenvalue weighted by Gasteiger charge is -2.60. The molecule has 7 rings (SSSR count). The number of nitriles is 1. The van der Waals surface area contributed by atoms with Crippen LogP contribution in [0.5, 0.6) is 0 Å². The molecule has 4 aliphatic carbocycles. The van der Waals surface area contributed by atoms with Crippen molar-refractivity contribution in [2.45, 2.75) is 89.8 Å². The second-order valence-corrected chi connectivity index (χ2v) is 14.3. The van der Waals surface area contributed by atoms with E-state index in [0.29, 0.717) is 12.8 Å². The summed E-state index contributed by atoms with van der Waals surface area (Å²) in [7, 11) is 0. The summed E-state index contributed by atoms with van der Waals surface area (Å²) >= 11 is 1.03. The van der Waals surface area contributed by atoms with Crippen molar-refractivity contribution in [3.05, 3.63) is 53.1 Å². The summed E-state index contributed by atoms with van der Waals surface area (Å²) < 4.78 is 28.6. The topological polar surface area (TPSA) is 97.4 Å². The number of benzene rings is 1. The van der Waals surface area contributed by atoms with Crippen molar-refractivity contribution in [2.75, 3.05) is 5.75 Å². The van der Waals surface area contributed by atoms with E-state index < -0.39 is 23.4 Å². The number of nitrogens with zero attached hydrogens (tertiary/aromatic N) is 3. The molecule has 2 heterocycles. The molecule has 0 unspecified atom stereocenters. The summed E-state index contributed by atoms with van der Waals surface area (Å²) in [6.07, 6.45) is 8.12. The Kier molecular flexibility index (Phi) is 6.74. The molecule has 42 heavy (non-hydrogen) atoms. The van der Waals surface area contributed by atoms with E-state index in [1.807, 2.05) is 10.9 Å². The SMILES string of the molecule is CCC[C@@H]1O[C@@H]2C[C@H]3[C@@H]4CCC5=Cc6c(cnn6-c6ccc(F)cc6)C[C@]5(C)[C@H]4[C@@H](O)C[C@]3(C)[C@]2(C(=O)SCC#N)O1. The van der Waals surface area contributed by atoms with Crippen molar-refractivity contribution in [3.8, 4) is 11.8 Å². The fraction of sp³-hybridized carbons (Fsp3) is 0.606. The van der Waals surface area contributed by atoms with Crippen LogP contribution in [0.4, 0.5) is 4.39 Å². The van der Waals surface area contributed by atoms with Crippen LogP contribution in [0.1, 0.15) is 70.6 Å². The summed E-state index contributed by atoms with van der Waals surface area (Å²) in [6.45, 7) is 6.51. The largest absolute Gasteiger partial charge is 0.393 e. The average Bonchev–Trinajstić information content (AvgIpc) is 3.60. The van der Waals surface area contributed by atoms with Gasteiger partial charge in [0.15, 0.2) is 11.9 Å². The van der Waals surface area contributed by atoms with E-state index in [-0.39, 0.29) is 46.0 Å². The first-order chi connectivity index (χ1) is 20.2. The van der Waals surface area contributed by atoms with E-state index in [2.05, 4.69) is 38.0 Å². The van der Waals surface area contributed by atoms with Crippen LogP contribution in [0.25, 0.3) is 11.8 Å². The van der Waals surface area contributed by atoms with Crippen molar-refractivity contribution in [2.24, 2.45) is 28.6 Å². The Morgan fingerprint density at radius 3 is 2.83 bits per heavy atom. The normalized spacial score (nSPS) is 39.8. The van der Waals surface area contributed by atoms with E-state index in [9.17, 15) is 19.6 Å². The Morgan fingerprint density at radius 2 is 2.10 bits per heavy atom. The van der Waals surface area contributed by atoms with E-state index in [1.165, 1.54) is 17.7 Å². The molecule has 0 spiro atoms. The lowest BCUT2D eigenvalue weighted by atomic mass is 9.45. The number of halogens is 1. The van der Waals surface area contributed by atoms with Gasteiger partial charge in [0.05, 0.1) is 41.6 Å². The van der Waals surface area contributed by atoms with Crippen molar-refractivity contribution < 1.29 is 23.8 Å². The van der Waals surface area contributed by atoms with Gasteiger partial charge in [-0.2, -0.15) is 10.4 Å². The third-order valence-corrected chi connectivity index (χ3v) is 12.2. The van der Waals surface area contributed by atoms with Gasteiger partial charge >= 0.3 is 0 Å². The van der Waals surface area contributed by atoms with E-state index in [1.54, 1.807) is 12.1 Å². The zero-order valence-corrected chi connectivity index (χ0v) is 25.2. The van der Waals surface area contributed by atoms with Gasteiger partial charge in [0.25, 0.3) is 0 Å². The van der Waals surface area contributed by atoms with Crippen LogP contribution in [0.15, 0.2) is 36.0 Å². The van der Waals surface area contributed by atoms with Crippen molar-refractivity contribution in [3.63, 3.8) is 0 Å². The number of aliphatic hydroxyl groups excluding tert-OH is 1. The Balaban J connectivity index is 1.23. The molecule has 222 valence electrons. The maximum absolute atomic E-state index is 13.9. The molecule has 7 nitrogen and oxygen atoms in total. The van der Waals surface area contributed by atoms with Crippen LogP contribution in [-0.4, -0.2) is 49.9 Å². The first-order valence-electron chi connectivity index (χ1n) is 15.3. The molecular weight excluding hydrogens is 553 g/mol. The third kappa shape index (κ3) is 3.81. The zero-order valence-electron chi connectivity index (χ0n) is 24.4. The van der Waals surface area contributed by atoms with Gasteiger partial charge in [-0.15, -0.1) is 0 Å². The van der Waals surface area contributed by atoms with Crippen LogP contribution in [0, 0.1) is 45.7 Å². The number of hydrogen-bond donors (Lipinski definition) is 1. The van der Waals surface area contributed by atoms with Crippen molar-refractivity contribution >= 4 is 23.0 Å². The smallest absolute Gasteiger partial charge is 0.225 e. The molecule has 0 radical (unpaired) electrons. The van der Waals surface area contributed by atoms with Gasteiger partial charge in [-0.1, -0.05) is 44.5 Å². The second-order valence-electron chi connectivity index (χ2n) is 13.4. The fourth-order valence-electron chi connectivity index (χ4n) is 9.71. The first kappa shape index (κ1) is 28.3. The highest BCUT2D eigenvalue weighted by molar-refractivity contribution is 8.14. The molecule has 0 bridgehead atoms. The number of carbonyl (C=O) groups excluding carboxylic acids is 1. The minimum atomic E-state index is -1.15. The number of aliphatic hydroxyl groups is 1. The Labute approximate surface area is 250 Å². The van der Waals surface area contributed by atoms with Crippen molar-refractivity contribution in [1.29, 1.82) is 5.26 Å². The quantitative estimate of drug-likeness (QED) is 0.467. The van der Waals surface area contributed by atoms with Crippen LogP contribution >= 0.6 is 11.8 Å². The molecule has 1 saturated heterocycles. The Hall–Kier alpha value is -2.51. The molecule has 0 amide bonds. The number of carbonyl (C=O) groups is 1. The lowest BCUT2D eigenvalue weighted by molar-refractivity contribution is -0.196. The Morgan fingerprint density at radius 1 is 1.31 bits per heavy atom. The summed E-state index contributed by atoms with van der Waals surface area (Å²) in [5.41, 5.74) is 2.31. The van der Waals surface area contributed by atoms with E-state index in [0.717, 1.165) is 60.8 Å². The van der Waals surface area contributed by atoms with Crippen molar-refractivity contribution in [1.82, 2.24) is 9.78 Å². The first-order valence-corrected chi connectivity index (χ1v) is 16.2. The van der Waals surface area contributed by atoms with Crippen LogP contribution in [0.3, 0.4) is 0 Å². The predicted molar refractivity (Wildman–Crippen MR) is 157 cm³/mol. The molecule has 3 saturated carbocycles. The van der Waals surface area contributed by atoms with Crippen LogP contribution in [0.2, 0.25) is 0 Å². The van der Waals surface area contributed by atoms with Crippen LogP contribution in [-0.2, 0) is 20.7 Å². The van der Waals surface area contributed by atoms with E-state index >= 15 is 0 Å². The number of ether oxygens (including phenoxy) is 2. The molecule has 1 aromatic carbocycles. The number of hydrogen-bond acceptors (Lipinski definition) is 7. The predicted octanol–water partition coefficient (Wildman–Crippen LogP) is 5.84. The van der Waals surface area contributed by atoms with Gasteiger partial charge in [0, 0.05) is 5.41 Å². The van der Waals surface area contributed by atoms with Gasteiger partial charge < -0.3 is 14.6 Å². The maximum Gasteiger partial charge on any atom is 0.225 e. The van der Waals surface area contributed by atoms with Gasteiger partial charge in [-0.25, -0.2) is 9.07 Å². The molecule has 5 aliphatic rings. The van der Waals surface area contributed by atoms with Gasteiger partial charge in [0.2, 0.25) is 5.12 Å². The minimum absolute atomic E-state index is 0.0297. The minimum Gasteiger partial charge on any atom is -0.393 e. The molecule has 4 fully saturated rings. The van der Waals surface area contributed by atoms with Gasteiger partial charge in [-0.3, -0.25) is 4.79 Å². The summed E-state index contributed by atoms with van der Waals surface area (Å²) in [5.74, 6) is 0.198. The highest BCUT2D eigenvalue weighted by Crippen LogP contribution is 2.70. The second kappa shape index (κ2) is 10.0. The van der Waals surface area contributed by atoms with Crippen LogP contribution < -0.4 is 0 Å². The van der Waals surface area contributed by atoms with Gasteiger partial charge in [0.1, 0.15) is 5.82 Å². The standard InChI is InChI=1S/C33H38FN3O4S/c1-4-5-28-40-27-15-24-23-11-6-20-14-25-19(18-36-37(25)22-9-7-21(34)8-10-22)16-31(20,2)29(23)26(38)17-32(24,3)33(27,41-28)30(39)42-13-12-35/h7-10,14,18,23-24,26-29,38H,4-6,11,13,15-17H2,1-3H3/t23-,24-,26-,27+,28+,29+,31-,32-,33-/m0/s1. The monoisotopic (exact) mass is 591 g/mol. The Bertz CT molecular complexity index is 1480. The number of fused-ring (bicyclic) bond motifs is 8. The average molecular weight is 592 g/mol. The molecule has 1 aromatic heterocycles. The van der Waals surface area contributed by atoms with E-state index in [4.69, 9.17) is 9.47 Å². The molecule has 1 N–H and O–H groups in total. The zero-order chi connectivity index (χ0) is 29.4. The summed E-state index contributed by atoms with van der Waals surface area (Å²) in [4.78, 5) is 13.9. The summed E-state index contributed by atoms with van der Waals surface area (Å²) in [5, 5.41) is 25.9. The van der Waals surface area contributed by atoms with Gasteiger partial charge in [-0.05, 0) is 97.6 Å². The number of thioether (sulfide) groups is 1.